The van der Waals surface area contributed by atoms with Gasteiger partial charge in [-0.2, -0.15) is 13.2 Å². The van der Waals surface area contributed by atoms with E-state index in [0.29, 0.717) is 5.56 Å². The van der Waals surface area contributed by atoms with Crippen molar-refractivity contribution in [3.63, 3.8) is 0 Å². The molecule has 0 spiro atoms. The van der Waals surface area contributed by atoms with Gasteiger partial charge in [0.2, 0.25) is 0 Å². The fourth-order valence-electron chi connectivity index (χ4n) is 3.92. The molecule has 4 aromatic carbocycles. The van der Waals surface area contributed by atoms with Gasteiger partial charge in [0.25, 0.3) is 0 Å². The summed E-state index contributed by atoms with van der Waals surface area (Å²) < 4.78 is 109. The van der Waals surface area contributed by atoms with Gasteiger partial charge in [-0.3, -0.25) is 0 Å². The van der Waals surface area contributed by atoms with Crippen LogP contribution in [0.4, 0.5) is 35.1 Å². The van der Waals surface area contributed by atoms with Crippen LogP contribution in [0.5, 0.6) is 0 Å². The molecular formula is C28H16F8. The fraction of sp³-hybridized carbons (Fsp3) is 0.143. The highest BCUT2D eigenvalue weighted by molar-refractivity contribution is 5.88. The van der Waals surface area contributed by atoms with Crippen molar-refractivity contribution >= 4 is 10.8 Å². The molecule has 184 valence electrons. The Bertz CT molecular complexity index is 1510. The van der Waals surface area contributed by atoms with Crippen molar-refractivity contribution in [1.29, 1.82) is 0 Å². The fourth-order valence-corrected chi connectivity index (χ4v) is 3.92. The second-order valence-corrected chi connectivity index (χ2v) is 8.25. The Balaban J connectivity index is 1.62. The summed E-state index contributed by atoms with van der Waals surface area (Å²) in [5, 5.41) is 0.286. The number of fused-ring (bicyclic) bond motifs is 1. The molecule has 0 nitrogen and oxygen atoms in total. The molecular weight excluding hydrogens is 488 g/mol. The van der Waals surface area contributed by atoms with Gasteiger partial charge in [-0.15, -0.1) is 0 Å². The standard InChI is InChI=1S/C28H16F8/c1-15-2-5-19(23(29)10-15)17-4-7-20-18(13-17)14-26(32)22(27(20)33)6-3-16-11-24(30)21(25(31)12-16)8-9-28(34,35)36/h2,4-5,7,10-14H,3,6H2,1H3. The van der Waals surface area contributed by atoms with Crippen molar-refractivity contribution in [3.05, 3.63) is 106 Å². The zero-order chi connectivity index (χ0) is 26.2. The van der Waals surface area contributed by atoms with Gasteiger partial charge in [0, 0.05) is 22.4 Å². The van der Waals surface area contributed by atoms with Crippen molar-refractivity contribution in [1.82, 2.24) is 0 Å². The molecule has 0 aliphatic carbocycles. The average molecular weight is 504 g/mol. The van der Waals surface area contributed by atoms with Gasteiger partial charge >= 0.3 is 6.18 Å². The second kappa shape index (κ2) is 9.65. The molecule has 0 N–H and O–H groups in total. The third-order valence-corrected chi connectivity index (χ3v) is 5.65. The zero-order valence-corrected chi connectivity index (χ0v) is 18.6. The van der Waals surface area contributed by atoms with Gasteiger partial charge < -0.3 is 0 Å². The van der Waals surface area contributed by atoms with E-state index in [-0.39, 0.29) is 40.3 Å². The van der Waals surface area contributed by atoms with Gasteiger partial charge in [-0.05, 0) is 72.2 Å². The van der Waals surface area contributed by atoms with Crippen molar-refractivity contribution in [2.75, 3.05) is 0 Å². The summed E-state index contributed by atoms with van der Waals surface area (Å²) in [6.45, 7) is 1.73. The second-order valence-electron chi connectivity index (χ2n) is 8.25. The van der Waals surface area contributed by atoms with E-state index in [0.717, 1.165) is 29.7 Å². The molecule has 0 atom stereocenters. The van der Waals surface area contributed by atoms with Crippen LogP contribution in [0.15, 0.2) is 54.6 Å². The first-order chi connectivity index (χ1) is 16.9. The van der Waals surface area contributed by atoms with E-state index in [1.807, 2.05) is 0 Å². The summed E-state index contributed by atoms with van der Waals surface area (Å²) in [6.07, 6.45) is -5.38. The Labute approximate surface area is 201 Å². The lowest BCUT2D eigenvalue weighted by Gasteiger charge is -2.11. The largest absolute Gasteiger partial charge is 0.458 e. The molecule has 0 aromatic heterocycles. The number of halogens is 8. The minimum Gasteiger partial charge on any atom is -0.207 e. The third kappa shape index (κ3) is 5.35. The number of alkyl halides is 3. The lowest BCUT2D eigenvalue weighted by atomic mass is 9.96. The van der Waals surface area contributed by atoms with Crippen molar-refractivity contribution < 1.29 is 35.1 Å². The van der Waals surface area contributed by atoms with E-state index < -0.39 is 40.8 Å². The SMILES string of the molecule is Cc1ccc(-c2ccc3c(F)c(CCc4cc(F)c(C#CC(F)(F)F)c(F)c4)c(F)cc3c2)c(F)c1. The first-order valence-electron chi connectivity index (χ1n) is 10.7. The molecule has 0 fully saturated rings. The highest BCUT2D eigenvalue weighted by atomic mass is 19.4. The average Bonchev–Trinajstić information content (AvgIpc) is 2.77. The molecule has 0 saturated carbocycles. The predicted molar refractivity (Wildman–Crippen MR) is 121 cm³/mol. The molecule has 36 heavy (non-hydrogen) atoms. The Kier molecular flexibility index (Phi) is 6.77. The Morgan fingerprint density at radius 2 is 1.42 bits per heavy atom. The number of hydrogen-bond acceptors (Lipinski definition) is 0. The molecule has 0 aliphatic rings. The van der Waals surface area contributed by atoms with Gasteiger partial charge in [0.15, 0.2) is 0 Å². The quantitative estimate of drug-likeness (QED) is 0.194. The highest BCUT2D eigenvalue weighted by Gasteiger charge is 2.24. The van der Waals surface area contributed by atoms with Gasteiger partial charge in [-0.1, -0.05) is 30.2 Å². The molecule has 0 saturated heterocycles. The van der Waals surface area contributed by atoms with Gasteiger partial charge in [0.05, 0.1) is 5.56 Å². The number of aryl methyl sites for hydroxylation is 2. The van der Waals surface area contributed by atoms with E-state index in [1.165, 1.54) is 30.2 Å². The minimum absolute atomic E-state index is 0.00773. The normalized spacial score (nSPS) is 11.5. The van der Waals surface area contributed by atoms with Crippen molar-refractivity contribution in [2.24, 2.45) is 0 Å². The van der Waals surface area contributed by atoms with Gasteiger partial charge in [-0.25, -0.2) is 22.0 Å². The first kappa shape index (κ1) is 25.2. The summed E-state index contributed by atoms with van der Waals surface area (Å²) in [4.78, 5) is 0. The van der Waals surface area contributed by atoms with E-state index in [2.05, 4.69) is 0 Å². The molecule has 0 radical (unpaired) electrons. The van der Waals surface area contributed by atoms with Crippen LogP contribution >= 0.6 is 0 Å². The highest BCUT2D eigenvalue weighted by Crippen LogP contribution is 2.31. The molecule has 4 rings (SSSR count). The van der Waals surface area contributed by atoms with E-state index in [1.54, 1.807) is 19.1 Å². The van der Waals surface area contributed by atoms with E-state index >= 15 is 4.39 Å². The van der Waals surface area contributed by atoms with E-state index in [9.17, 15) is 30.7 Å². The molecule has 0 amide bonds. The lowest BCUT2D eigenvalue weighted by Crippen LogP contribution is -2.04. The van der Waals surface area contributed by atoms with E-state index in [4.69, 9.17) is 0 Å². The summed E-state index contributed by atoms with van der Waals surface area (Å²) in [5.41, 5.74) is 0.0681. The summed E-state index contributed by atoms with van der Waals surface area (Å²) in [7, 11) is 0. The van der Waals surface area contributed by atoms with Crippen molar-refractivity contribution in [2.45, 2.75) is 25.9 Å². The Hall–Kier alpha value is -3.86. The maximum atomic E-state index is 15.1. The van der Waals surface area contributed by atoms with Crippen LogP contribution in [0.2, 0.25) is 0 Å². The first-order valence-corrected chi connectivity index (χ1v) is 10.7. The maximum absolute atomic E-state index is 15.1. The van der Waals surface area contributed by atoms with Gasteiger partial charge in [0.1, 0.15) is 29.1 Å². The summed E-state index contributed by atoms with van der Waals surface area (Å²) in [6, 6.07) is 11.7. The predicted octanol–water partition coefficient (Wildman–Crippen LogP) is 8.21. The molecule has 0 heterocycles. The summed E-state index contributed by atoms with van der Waals surface area (Å²) >= 11 is 0. The van der Waals surface area contributed by atoms with Crippen LogP contribution in [-0.4, -0.2) is 6.18 Å². The monoisotopic (exact) mass is 504 g/mol. The third-order valence-electron chi connectivity index (χ3n) is 5.65. The molecule has 0 unspecified atom stereocenters. The topological polar surface area (TPSA) is 0 Å². The number of benzene rings is 4. The van der Waals surface area contributed by atoms with Crippen LogP contribution in [-0.2, 0) is 12.8 Å². The summed E-state index contributed by atoms with van der Waals surface area (Å²) in [5.74, 6) is -2.63. The minimum atomic E-state index is -4.92. The number of rotatable bonds is 4. The molecule has 0 aliphatic heterocycles. The van der Waals surface area contributed by atoms with Crippen molar-refractivity contribution in [3.8, 4) is 23.0 Å². The molecule has 8 heteroatoms. The Morgan fingerprint density at radius 1 is 0.722 bits per heavy atom. The Morgan fingerprint density at radius 3 is 2.06 bits per heavy atom. The molecule has 0 bridgehead atoms. The number of hydrogen-bond donors (Lipinski definition) is 0. The smallest absolute Gasteiger partial charge is 0.207 e. The molecule has 4 aromatic rings. The van der Waals surface area contributed by atoms with Crippen LogP contribution in [0.3, 0.4) is 0 Å². The zero-order valence-electron chi connectivity index (χ0n) is 18.6. The maximum Gasteiger partial charge on any atom is 0.458 e. The van der Waals surface area contributed by atoms with Crippen LogP contribution < -0.4 is 0 Å². The van der Waals surface area contributed by atoms with Crippen LogP contribution in [0.25, 0.3) is 21.9 Å². The van der Waals surface area contributed by atoms with Crippen LogP contribution in [0, 0.1) is 47.9 Å². The van der Waals surface area contributed by atoms with Crippen LogP contribution in [0.1, 0.15) is 22.3 Å². The lowest BCUT2D eigenvalue weighted by molar-refractivity contribution is -0.0696.